The molecule has 0 radical (unpaired) electrons. The number of benzene rings is 1. The van der Waals surface area contributed by atoms with E-state index in [0.29, 0.717) is 13.0 Å². The van der Waals surface area contributed by atoms with E-state index >= 15 is 0 Å². The average molecular weight is 366 g/mol. The highest BCUT2D eigenvalue weighted by Gasteiger charge is 2.36. The standard InChI is InChI=1S/C22H27N3O2/c1-17-8-10-18(11-9-17)19-15-20(21-7-6-14-27-21)25(23-19)22(26)16-24-12-4-2-3-5-13-24/h6-11,14,20H,2-5,12-13,15-16H2,1H3/p+1/t20-/m0/s1. The lowest BCUT2D eigenvalue weighted by Crippen LogP contribution is -3.13. The fourth-order valence-electron chi connectivity index (χ4n) is 4.06. The summed E-state index contributed by atoms with van der Waals surface area (Å²) in [5, 5.41) is 6.41. The van der Waals surface area contributed by atoms with Crippen LogP contribution in [0.4, 0.5) is 0 Å². The molecule has 0 saturated carbocycles. The summed E-state index contributed by atoms with van der Waals surface area (Å²) in [6, 6.07) is 12.0. The quantitative estimate of drug-likeness (QED) is 0.905. The summed E-state index contributed by atoms with van der Waals surface area (Å²) in [6.45, 7) is 4.76. The minimum absolute atomic E-state index is 0.0930. The van der Waals surface area contributed by atoms with Gasteiger partial charge in [-0.1, -0.05) is 29.8 Å². The molecule has 1 atom stereocenters. The van der Waals surface area contributed by atoms with Crippen LogP contribution < -0.4 is 4.90 Å². The molecule has 2 aliphatic rings. The number of nitrogens with one attached hydrogen (secondary N) is 1. The Morgan fingerprint density at radius 1 is 1.15 bits per heavy atom. The maximum absolute atomic E-state index is 13.1. The van der Waals surface area contributed by atoms with E-state index in [2.05, 4.69) is 31.2 Å². The van der Waals surface area contributed by atoms with Crippen molar-refractivity contribution < 1.29 is 14.1 Å². The van der Waals surface area contributed by atoms with Gasteiger partial charge < -0.3 is 9.32 Å². The largest absolute Gasteiger partial charge is 0.467 e. The molecule has 2 aliphatic heterocycles. The van der Waals surface area contributed by atoms with Gasteiger partial charge in [0.05, 0.1) is 25.1 Å². The molecule has 142 valence electrons. The number of aryl methyl sites for hydroxylation is 1. The molecule has 1 amide bonds. The van der Waals surface area contributed by atoms with Gasteiger partial charge in [0.1, 0.15) is 11.8 Å². The van der Waals surface area contributed by atoms with E-state index < -0.39 is 0 Å². The topological polar surface area (TPSA) is 50.2 Å². The number of carbonyl (C=O) groups is 1. The van der Waals surface area contributed by atoms with E-state index in [9.17, 15) is 4.79 Å². The van der Waals surface area contributed by atoms with Crippen LogP contribution in [0.5, 0.6) is 0 Å². The molecule has 3 heterocycles. The van der Waals surface area contributed by atoms with Gasteiger partial charge in [0, 0.05) is 6.42 Å². The predicted molar refractivity (Wildman–Crippen MR) is 105 cm³/mol. The van der Waals surface area contributed by atoms with E-state index in [0.717, 1.165) is 30.1 Å². The van der Waals surface area contributed by atoms with E-state index in [1.54, 1.807) is 11.3 Å². The van der Waals surface area contributed by atoms with Gasteiger partial charge in [0.2, 0.25) is 0 Å². The Hall–Kier alpha value is -2.40. The first kappa shape index (κ1) is 18.0. The second-order valence-corrected chi connectivity index (χ2v) is 7.73. The molecule has 0 spiro atoms. The third kappa shape index (κ3) is 4.14. The number of carbonyl (C=O) groups excluding carboxylic acids is 1. The Morgan fingerprint density at radius 2 is 1.89 bits per heavy atom. The van der Waals surface area contributed by atoms with Crippen LogP contribution in [0.25, 0.3) is 0 Å². The number of hydrogen-bond donors (Lipinski definition) is 1. The second-order valence-electron chi connectivity index (χ2n) is 7.73. The van der Waals surface area contributed by atoms with Gasteiger partial charge in [-0.15, -0.1) is 0 Å². The van der Waals surface area contributed by atoms with Crippen LogP contribution in [0, 0.1) is 6.92 Å². The second kappa shape index (κ2) is 8.09. The third-order valence-corrected chi connectivity index (χ3v) is 5.63. The molecule has 0 bridgehead atoms. The predicted octanol–water partition coefficient (Wildman–Crippen LogP) is 2.72. The fourth-order valence-corrected chi connectivity index (χ4v) is 4.06. The number of rotatable bonds is 4. The van der Waals surface area contributed by atoms with E-state index in [1.807, 2.05) is 12.1 Å². The SMILES string of the molecule is Cc1ccc(C2=NN(C(=O)C[NH+]3CCCCCC3)[C@H](c3ccco3)C2)cc1. The molecule has 1 fully saturated rings. The third-order valence-electron chi connectivity index (χ3n) is 5.63. The van der Waals surface area contributed by atoms with Gasteiger partial charge in [0.25, 0.3) is 5.91 Å². The summed E-state index contributed by atoms with van der Waals surface area (Å²) in [6.07, 6.45) is 7.35. The smallest absolute Gasteiger partial charge is 0.298 e. The summed E-state index contributed by atoms with van der Waals surface area (Å²) >= 11 is 0. The van der Waals surface area contributed by atoms with Crippen molar-refractivity contribution in [3.8, 4) is 0 Å². The Labute approximate surface area is 160 Å². The van der Waals surface area contributed by atoms with Crippen LogP contribution in [0.15, 0.2) is 52.2 Å². The van der Waals surface area contributed by atoms with Crippen molar-refractivity contribution in [3.05, 3.63) is 59.5 Å². The molecule has 1 aromatic heterocycles. The number of furan rings is 1. The van der Waals surface area contributed by atoms with Crippen molar-refractivity contribution in [2.45, 2.75) is 45.1 Å². The molecule has 4 rings (SSSR count). The van der Waals surface area contributed by atoms with Crippen molar-refractivity contribution in [3.63, 3.8) is 0 Å². The minimum atomic E-state index is -0.143. The maximum atomic E-state index is 13.1. The van der Waals surface area contributed by atoms with Gasteiger partial charge >= 0.3 is 0 Å². The molecule has 0 unspecified atom stereocenters. The summed E-state index contributed by atoms with van der Waals surface area (Å²) in [7, 11) is 0. The number of amides is 1. The van der Waals surface area contributed by atoms with Crippen LogP contribution in [-0.2, 0) is 4.79 Å². The van der Waals surface area contributed by atoms with Gasteiger partial charge in [-0.3, -0.25) is 4.79 Å². The van der Waals surface area contributed by atoms with Crippen LogP contribution >= 0.6 is 0 Å². The molecule has 1 N–H and O–H groups in total. The number of hydrazone groups is 1. The zero-order valence-corrected chi connectivity index (χ0v) is 16.0. The highest BCUT2D eigenvalue weighted by molar-refractivity contribution is 6.03. The molecule has 5 nitrogen and oxygen atoms in total. The van der Waals surface area contributed by atoms with Crippen LogP contribution in [0.2, 0.25) is 0 Å². The van der Waals surface area contributed by atoms with E-state index in [4.69, 9.17) is 9.52 Å². The summed E-state index contributed by atoms with van der Waals surface area (Å²) in [5.41, 5.74) is 3.25. The van der Waals surface area contributed by atoms with Crippen molar-refractivity contribution in [2.24, 2.45) is 5.10 Å². The van der Waals surface area contributed by atoms with Crippen LogP contribution in [0.1, 0.15) is 55.0 Å². The molecule has 2 aromatic rings. The Bertz CT molecular complexity index is 787. The molecule has 5 heteroatoms. The number of quaternary nitrogens is 1. The Kier molecular flexibility index (Phi) is 5.39. The first-order valence-electron chi connectivity index (χ1n) is 10.0. The van der Waals surface area contributed by atoms with Gasteiger partial charge in [0.15, 0.2) is 6.54 Å². The summed E-state index contributed by atoms with van der Waals surface area (Å²) < 4.78 is 5.64. The maximum Gasteiger partial charge on any atom is 0.298 e. The van der Waals surface area contributed by atoms with Crippen LogP contribution in [0.3, 0.4) is 0 Å². The molecule has 0 aliphatic carbocycles. The lowest BCUT2D eigenvalue weighted by Gasteiger charge is -2.23. The first-order chi connectivity index (χ1) is 13.2. The fraction of sp³-hybridized carbons (Fsp3) is 0.455. The molecular formula is C22H28N3O2+. The highest BCUT2D eigenvalue weighted by Crippen LogP contribution is 2.32. The van der Waals surface area contributed by atoms with Gasteiger partial charge in [-0.2, -0.15) is 5.10 Å². The minimum Gasteiger partial charge on any atom is -0.467 e. The summed E-state index contributed by atoms with van der Waals surface area (Å²) in [4.78, 5) is 14.5. The van der Waals surface area contributed by atoms with Crippen molar-refractivity contribution in [2.75, 3.05) is 19.6 Å². The zero-order valence-electron chi connectivity index (χ0n) is 16.0. The van der Waals surface area contributed by atoms with Gasteiger partial charge in [-0.25, -0.2) is 5.01 Å². The Balaban J connectivity index is 1.55. The van der Waals surface area contributed by atoms with Crippen molar-refractivity contribution in [1.82, 2.24) is 5.01 Å². The van der Waals surface area contributed by atoms with E-state index in [1.165, 1.54) is 36.1 Å². The van der Waals surface area contributed by atoms with Crippen molar-refractivity contribution in [1.29, 1.82) is 0 Å². The highest BCUT2D eigenvalue weighted by atomic mass is 16.3. The molecular weight excluding hydrogens is 338 g/mol. The first-order valence-corrected chi connectivity index (χ1v) is 10.0. The van der Waals surface area contributed by atoms with E-state index in [-0.39, 0.29) is 11.9 Å². The Morgan fingerprint density at radius 3 is 2.56 bits per heavy atom. The number of nitrogens with zero attached hydrogens (tertiary/aromatic N) is 2. The monoisotopic (exact) mass is 366 g/mol. The summed E-state index contributed by atoms with van der Waals surface area (Å²) in [5.74, 6) is 0.899. The lowest BCUT2D eigenvalue weighted by molar-refractivity contribution is -0.891. The zero-order chi connectivity index (χ0) is 18.6. The number of hydrogen-bond acceptors (Lipinski definition) is 3. The van der Waals surface area contributed by atoms with Crippen molar-refractivity contribution >= 4 is 11.6 Å². The average Bonchev–Trinajstić information content (AvgIpc) is 3.28. The number of likely N-dealkylation sites (tertiary alicyclic amines) is 1. The molecule has 1 aromatic carbocycles. The lowest BCUT2D eigenvalue weighted by atomic mass is 10.0. The van der Waals surface area contributed by atoms with Gasteiger partial charge in [-0.05, 0) is 50.3 Å². The normalized spacial score (nSPS) is 21.1. The molecule has 1 saturated heterocycles. The molecule has 27 heavy (non-hydrogen) atoms. The van der Waals surface area contributed by atoms with Crippen LogP contribution in [-0.4, -0.2) is 36.3 Å².